The number of nitrogens with one attached hydrogen (secondary N) is 1. The number of aryl methyl sites for hydroxylation is 1. The van der Waals surface area contributed by atoms with E-state index < -0.39 is 30.4 Å². The summed E-state index contributed by atoms with van der Waals surface area (Å²) >= 11 is 0. The second-order valence-electron chi connectivity index (χ2n) is 10.6. The van der Waals surface area contributed by atoms with Crippen LogP contribution in [-0.2, 0) is 31.8 Å². The van der Waals surface area contributed by atoms with Crippen molar-refractivity contribution in [1.29, 1.82) is 0 Å². The van der Waals surface area contributed by atoms with E-state index in [1.165, 1.54) is 32.4 Å². The van der Waals surface area contributed by atoms with Crippen molar-refractivity contribution >= 4 is 40.4 Å². The SMILES string of the molecule is CCC(C)(C)C1CCc2nc3ccccc3c(C(=O)OCC(=O)Nc3cc(C(=O)OC)ccc3C(=O)OC)c2C1. The molecule has 1 atom stereocenters. The highest BCUT2D eigenvalue weighted by Crippen LogP contribution is 2.41. The predicted octanol–water partition coefficient (Wildman–Crippen LogP) is 5.14. The lowest BCUT2D eigenvalue weighted by atomic mass is 9.68. The number of benzene rings is 2. The average molecular weight is 547 g/mol. The van der Waals surface area contributed by atoms with Gasteiger partial charge in [0.1, 0.15) is 0 Å². The van der Waals surface area contributed by atoms with Gasteiger partial charge in [-0.3, -0.25) is 9.78 Å². The average Bonchev–Trinajstić information content (AvgIpc) is 2.97. The molecule has 0 bridgehead atoms. The van der Waals surface area contributed by atoms with Gasteiger partial charge in [-0.15, -0.1) is 0 Å². The van der Waals surface area contributed by atoms with Crippen molar-refractivity contribution in [1.82, 2.24) is 4.98 Å². The van der Waals surface area contributed by atoms with E-state index >= 15 is 0 Å². The number of nitrogens with zero attached hydrogens (tertiary/aromatic N) is 1. The Bertz CT molecular complexity index is 1480. The summed E-state index contributed by atoms with van der Waals surface area (Å²) in [4.78, 5) is 55.5. The monoisotopic (exact) mass is 546 g/mol. The van der Waals surface area contributed by atoms with Crippen LogP contribution in [-0.4, -0.2) is 49.6 Å². The minimum atomic E-state index is -0.705. The number of hydrogen-bond donors (Lipinski definition) is 1. The number of methoxy groups -OCH3 is 2. The van der Waals surface area contributed by atoms with Crippen molar-refractivity contribution in [3.8, 4) is 0 Å². The van der Waals surface area contributed by atoms with Crippen LogP contribution in [0.25, 0.3) is 10.9 Å². The van der Waals surface area contributed by atoms with Gasteiger partial charge in [0, 0.05) is 11.1 Å². The molecule has 9 heteroatoms. The third-order valence-electron chi connectivity index (χ3n) is 7.93. The van der Waals surface area contributed by atoms with Gasteiger partial charge in [-0.2, -0.15) is 0 Å². The van der Waals surface area contributed by atoms with E-state index in [-0.39, 0.29) is 22.2 Å². The minimum Gasteiger partial charge on any atom is -0.465 e. The van der Waals surface area contributed by atoms with Crippen LogP contribution in [0.1, 0.15) is 75.9 Å². The summed E-state index contributed by atoms with van der Waals surface area (Å²) in [5, 5.41) is 3.23. The number of anilines is 1. The number of ether oxygens (including phenoxy) is 3. The van der Waals surface area contributed by atoms with Crippen molar-refractivity contribution in [2.75, 3.05) is 26.1 Å². The van der Waals surface area contributed by atoms with E-state index in [0.717, 1.165) is 30.5 Å². The number of hydrogen-bond acceptors (Lipinski definition) is 8. The Morgan fingerprint density at radius 3 is 2.42 bits per heavy atom. The fourth-order valence-corrected chi connectivity index (χ4v) is 5.15. The largest absolute Gasteiger partial charge is 0.465 e. The van der Waals surface area contributed by atoms with E-state index in [1.807, 2.05) is 24.3 Å². The molecule has 0 aliphatic heterocycles. The molecule has 1 aliphatic carbocycles. The molecule has 210 valence electrons. The smallest absolute Gasteiger partial charge is 0.339 e. The van der Waals surface area contributed by atoms with Crippen molar-refractivity contribution in [3.05, 3.63) is 70.4 Å². The van der Waals surface area contributed by atoms with Gasteiger partial charge >= 0.3 is 17.9 Å². The predicted molar refractivity (Wildman–Crippen MR) is 149 cm³/mol. The number of amides is 1. The van der Waals surface area contributed by atoms with Crippen LogP contribution in [0.2, 0.25) is 0 Å². The first-order valence-electron chi connectivity index (χ1n) is 13.3. The van der Waals surface area contributed by atoms with Gasteiger partial charge in [0.15, 0.2) is 6.61 Å². The summed E-state index contributed by atoms with van der Waals surface area (Å²) < 4.78 is 15.0. The quantitative estimate of drug-likeness (QED) is 0.304. The number of carbonyl (C=O) groups is 4. The molecule has 0 spiro atoms. The molecule has 9 nitrogen and oxygen atoms in total. The van der Waals surface area contributed by atoms with Crippen molar-refractivity contribution < 1.29 is 33.4 Å². The van der Waals surface area contributed by atoms with Crippen LogP contribution in [0.3, 0.4) is 0 Å². The molecular weight excluding hydrogens is 512 g/mol. The molecule has 1 aliphatic rings. The Morgan fingerprint density at radius 1 is 1.00 bits per heavy atom. The minimum absolute atomic E-state index is 0.0344. The Hall–Kier alpha value is -4.27. The Morgan fingerprint density at radius 2 is 1.73 bits per heavy atom. The van der Waals surface area contributed by atoms with Gasteiger partial charge in [0.05, 0.1) is 42.1 Å². The lowest BCUT2D eigenvalue weighted by molar-refractivity contribution is -0.119. The summed E-state index contributed by atoms with van der Waals surface area (Å²) in [5.74, 6) is -2.27. The zero-order valence-electron chi connectivity index (χ0n) is 23.5. The van der Waals surface area contributed by atoms with E-state index in [2.05, 4.69) is 26.1 Å². The van der Waals surface area contributed by atoms with Crippen LogP contribution in [0.5, 0.6) is 0 Å². The molecule has 1 heterocycles. The van der Waals surface area contributed by atoms with E-state index in [0.29, 0.717) is 28.8 Å². The Labute approximate surface area is 233 Å². The molecule has 1 N–H and O–H groups in total. The molecule has 3 aromatic rings. The molecule has 40 heavy (non-hydrogen) atoms. The number of esters is 3. The third-order valence-corrected chi connectivity index (χ3v) is 7.93. The first-order chi connectivity index (χ1) is 19.1. The molecule has 0 radical (unpaired) electrons. The lowest BCUT2D eigenvalue weighted by Crippen LogP contribution is -2.31. The number of para-hydroxylation sites is 1. The maximum Gasteiger partial charge on any atom is 0.339 e. The van der Waals surface area contributed by atoms with E-state index in [4.69, 9.17) is 19.2 Å². The fraction of sp³-hybridized carbons (Fsp3) is 0.387. The molecule has 1 amide bonds. The van der Waals surface area contributed by atoms with Gasteiger partial charge in [0.25, 0.3) is 5.91 Å². The molecule has 0 saturated heterocycles. The summed E-state index contributed by atoms with van der Waals surface area (Å²) in [5.41, 5.74) is 3.20. The highest BCUT2D eigenvalue weighted by Gasteiger charge is 2.34. The zero-order valence-corrected chi connectivity index (χ0v) is 23.5. The molecule has 4 rings (SSSR count). The fourth-order valence-electron chi connectivity index (χ4n) is 5.15. The van der Waals surface area contributed by atoms with Gasteiger partial charge < -0.3 is 19.5 Å². The maximum absolute atomic E-state index is 13.6. The Balaban J connectivity index is 1.60. The van der Waals surface area contributed by atoms with Crippen LogP contribution in [0.15, 0.2) is 42.5 Å². The first-order valence-corrected chi connectivity index (χ1v) is 13.3. The maximum atomic E-state index is 13.6. The lowest BCUT2D eigenvalue weighted by Gasteiger charge is -2.37. The highest BCUT2D eigenvalue weighted by atomic mass is 16.5. The molecule has 0 fully saturated rings. The summed E-state index contributed by atoms with van der Waals surface area (Å²) in [6.07, 6.45) is 3.47. The standard InChI is InChI=1S/C31H34N2O7/c1-6-31(2,3)19-12-14-24-22(16-19)27(20-9-7-8-10-23(20)32-24)30(37)40-17-26(34)33-25-15-18(28(35)38-4)11-13-21(25)29(36)39-5/h7-11,13,15,19H,6,12,14,16-17H2,1-5H3,(H,33,34). The normalized spacial score (nSPS) is 14.7. The van der Waals surface area contributed by atoms with Crippen molar-refractivity contribution in [2.24, 2.45) is 11.3 Å². The number of pyridine rings is 1. The first kappa shape index (κ1) is 28.7. The van der Waals surface area contributed by atoms with Gasteiger partial charge in [0.2, 0.25) is 0 Å². The second kappa shape index (κ2) is 11.9. The number of rotatable bonds is 8. The van der Waals surface area contributed by atoms with Crippen LogP contribution >= 0.6 is 0 Å². The summed E-state index contributed by atoms with van der Waals surface area (Å²) in [7, 11) is 2.43. The van der Waals surface area contributed by atoms with Crippen molar-refractivity contribution in [2.45, 2.75) is 46.5 Å². The number of aromatic nitrogens is 1. The number of fused-ring (bicyclic) bond motifs is 2. The van der Waals surface area contributed by atoms with Crippen LogP contribution < -0.4 is 5.32 Å². The molecule has 0 saturated carbocycles. The van der Waals surface area contributed by atoms with Crippen LogP contribution in [0, 0.1) is 11.3 Å². The molecule has 2 aromatic carbocycles. The molecule has 1 unspecified atom stereocenters. The van der Waals surface area contributed by atoms with E-state index in [9.17, 15) is 19.2 Å². The van der Waals surface area contributed by atoms with Crippen LogP contribution in [0.4, 0.5) is 5.69 Å². The summed E-state index contributed by atoms with van der Waals surface area (Å²) in [6, 6.07) is 11.5. The highest BCUT2D eigenvalue weighted by molar-refractivity contribution is 6.07. The Kier molecular flexibility index (Phi) is 8.52. The van der Waals surface area contributed by atoms with Gasteiger partial charge in [-0.1, -0.05) is 45.4 Å². The van der Waals surface area contributed by atoms with Gasteiger partial charge in [-0.05, 0) is 60.4 Å². The molecule has 1 aromatic heterocycles. The van der Waals surface area contributed by atoms with Crippen molar-refractivity contribution in [3.63, 3.8) is 0 Å². The van der Waals surface area contributed by atoms with Gasteiger partial charge in [-0.25, -0.2) is 14.4 Å². The topological polar surface area (TPSA) is 121 Å². The van der Waals surface area contributed by atoms with E-state index in [1.54, 1.807) is 0 Å². The zero-order chi connectivity index (χ0) is 29.0. The number of carbonyl (C=O) groups excluding carboxylic acids is 4. The second-order valence-corrected chi connectivity index (χ2v) is 10.6. The third kappa shape index (κ3) is 5.83. The molecular formula is C31H34N2O7. The summed E-state index contributed by atoms with van der Waals surface area (Å²) in [6.45, 7) is 6.07.